The number of aromatic nitrogens is 2. The number of likely N-dealkylation sites (N-methyl/N-ethyl adjacent to an activating group) is 1. The molecule has 126 valence electrons. The highest BCUT2D eigenvalue weighted by molar-refractivity contribution is 6.01. The van der Waals surface area contributed by atoms with Crippen LogP contribution >= 0.6 is 0 Å². The quantitative estimate of drug-likeness (QED) is 0.625. The fourth-order valence-electron chi connectivity index (χ4n) is 2.94. The zero-order chi connectivity index (χ0) is 17.4. The Hall–Kier alpha value is -3.12. The molecule has 0 saturated heterocycles. The van der Waals surface area contributed by atoms with Gasteiger partial charge in [0.05, 0.1) is 16.6 Å². The van der Waals surface area contributed by atoms with E-state index in [2.05, 4.69) is 6.07 Å². The molecule has 0 aliphatic rings. The van der Waals surface area contributed by atoms with Crippen molar-refractivity contribution in [3.63, 3.8) is 0 Å². The van der Waals surface area contributed by atoms with Crippen molar-refractivity contribution in [1.82, 2.24) is 14.3 Å². The molecule has 25 heavy (non-hydrogen) atoms. The van der Waals surface area contributed by atoms with Gasteiger partial charge in [-0.2, -0.15) is 0 Å². The van der Waals surface area contributed by atoms with Gasteiger partial charge in [-0.25, -0.2) is 9.78 Å². The van der Waals surface area contributed by atoms with E-state index in [1.165, 1.54) is 4.90 Å². The van der Waals surface area contributed by atoms with E-state index in [9.17, 15) is 4.79 Å². The first-order valence-corrected chi connectivity index (χ1v) is 8.10. The summed E-state index contributed by atoms with van der Waals surface area (Å²) in [7, 11) is 1.66. The van der Waals surface area contributed by atoms with E-state index in [4.69, 9.17) is 15.5 Å². The summed E-state index contributed by atoms with van der Waals surface area (Å²) in [6, 6.07) is 15.7. The summed E-state index contributed by atoms with van der Waals surface area (Å²) in [5.41, 5.74) is 8.20. The number of nitrogens with two attached hydrogens (primary N) is 1. The van der Waals surface area contributed by atoms with Gasteiger partial charge in [0.1, 0.15) is 0 Å². The minimum atomic E-state index is -0.436. The van der Waals surface area contributed by atoms with Gasteiger partial charge in [-0.15, -0.1) is 0 Å². The average molecular weight is 334 g/mol. The number of pyridine rings is 2. The molecule has 4 aromatic rings. The van der Waals surface area contributed by atoms with Crippen molar-refractivity contribution in [2.75, 3.05) is 20.1 Å². The van der Waals surface area contributed by atoms with E-state index in [0.717, 1.165) is 27.3 Å². The molecule has 6 nitrogen and oxygen atoms in total. The van der Waals surface area contributed by atoms with Crippen LogP contribution in [0.2, 0.25) is 0 Å². The highest BCUT2D eigenvalue weighted by atomic mass is 16.6. The summed E-state index contributed by atoms with van der Waals surface area (Å²) in [5, 5.41) is 2.07. The number of amides is 1. The number of carbonyl (C=O) groups excluding carboxylic acids is 1. The lowest BCUT2D eigenvalue weighted by Crippen LogP contribution is -2.34. The standard InChI is InChI=1S/C19H18N4O2/c1-22(10-9-20)19(24)25-17-8-4-7-16-18-14(12-23(16)17)11-13-5-2-3-6-15(13)21-18/h2-8,11-12H,9-10,20H2,1H3. The fraction of sp³-hybridized carbons (Fsp3) is 0.158. The van der Waals surface area contributed by atoms with Crippen LogP contribution in [0.1, 0.15) is 0 Å². The maximum Gasteiger partial charge on any atom is 0.416 e. The van der Waals surface area contributed by atoms with Crippen molar-refractivity contribution >= 4 is 33.4 Å². The third kappa shape index (κ3) is 2.66. The number of para-hydroxylation sites is 1. The molecule has 0 fully saturated rings. The number of ether oxygens (including phenoxy) is 1. The van der Waals surface area contributed by atoms with Crippen molar-refractivity contribution in [3.8, 4) is 5.88 Å². The minimum absolute atomic E-state index is 0.389. The predicted molar refractivity (Wildman–Crippen MR) is 97.9 cm³/mol. The monoisotopic (exact) mass is 334 g/mol. The van der Waals surface area contributed by atoms with Crippen molar-refractivity contribution in [1.29, 1.82) is 0 Å². The smallest absolute Gasteiger partial charge is 0.393 e. The summed E-state index contributed by atoms with van der Waals surface area (Å²) in [4.78, 5) is 18.4. The molecule has 0 aliphatic carbocycles. The second kappa shape index (κ2) is 6.07. The minimum Gasteiger partial charge on any atom is -0.393 e. The molecule has 1 aromatic carbocycles. The van der Waals surface area contributed by atoms with Crippen LogP contribution in [-0.4, -0.2) is 40.5 Å². The summed E-state index contributed by atoms with van der Waals surface area (Å²) in [5.74, 6) is 0.452. The van der Waals surface area contributed by atoms with Gasteiger partial charge in [0, 0.05) is 37.1 Å². The Bertz CT molecular complexity index is 1090. The van der Waals surface area contributed by atoms with Crippen LogP contribution in [0.3, 0.4) is 0 Å². The van der Waals surface area contributed by atoms with E-state index in [1.807, 2.05) is 47.0 Å². The lowest BCUT2D eigenvalue weighted by Gasteiger charge is -2.16. The van der Waals surface area contributed by atoms with Crippen molar-refractivity contribution in [3.05, 3.63) is 54.7 Å². The molecule has 0 atom stereocenters. The number of benzene rings is 1. The van der Waals surface area contributed by atoms with Gasteiger partial charge in [-0.05, 0) is 24.3 Å². The Morgan fingerprint density at radius 1 is 1.20 bits per heavy atom. The van der Waals surface area contributed by atoms with Gasteiger partial charge in [0.15, 0.2) is 0 Å². The van der Waals surface area contributed by atoms with Gasteiger partial charge < -0.3 is 15.4 Å². The molecular formula is C19H18N4O2. The molecule has 3 aromatic heterocycles. The zero-order valence-electron chi connectivity index (χ0n) is 13.8. The Labute approximate surface area is 144 Å². The van der Waals surface area contributed by atoms with E-state index in [0.29, 0.717) is 19.0 Å². The molecule has 6 heteroatoms. The first-order chi connectivity index (χ1) is 12.2. The largest absolute Gasteiger partial charge is 0.416 e. The molecular weight excluding hydrogens is 316 g/mol. The number of rotatable bonds is 3. The topological polar surface area (TPSA) is 72.9 Å². The molecule has 0 aliphatic heterocycles. The van der Waals surface area contributed by atoms with Crippen LogP contribution < -0.4 is 10.5 Å². The SMILES string of the molecule is CN(CCN)C(=O)Oc1cccc2c3nc4ccccc4cc3cn12. The second-order valence-corrected chi connectivity index (χ2v) is 5.95. The lowest BCUT2D eigenvalue weighted by molar-refractivity contribution is 0.162. The van der Waals surface area contributed by atoms with Gasteiger partial charge in [-0.1, -0.05) is 24.3 Å². The summed E-state index contributed by atoms with van der Waals surface area (Å²) in [6.45, 7) is 0.828. The molecule has 0 radical (unpaired) electrons. The van der Waals surface area contributed by atoms with Crippen LogP contribution in [0.5, 0.6) is 5.88 Å². The van der Waals surface area contributed by atoms with Crippen LogP contribution in [0.25, 0.3) is 27.3 Å². The van der Waals surface area contributed by atoms with E-state index in [1.54, 1.807) is 13.1 Å². The Kier molecular flexibility index (Phi) is 3.74. The molecule has 0 unspecified atom stereocenters. The predicted octanol–water partition coefficient (Wildman–Crippen LogP) is 3.03. The third-order valence-electron chi connectivity index (χ3n) is 4.22. The summed E-state index contributed by atoms with van der Waals surface area (Å²) >= 11 is 0. The van der Waals surface area contributed by atoms with Crippen molar-refractivity contribution in [2.45, 2.75) is 0 Å². The first kappa shape index (κ1) is 15.4. The Morgan fingerprint density at radius 2 is 2.04 bits per heavy atom. The van der Waals surface area contributed by atoms with Crippen molar-refractivity contribution in [2.24, 2.45) is 5.73 Å². The number of fused-ring (bicyclic) bond motifs is 4. The molecule has 0 saturated carbocycles. The molecule has 4 rings (SSSR count). The maximum absolute atomic E-state index is 12.2. The first-order valence-electron chi connectivity index (χ1n) is 8.10. The fourth-order valence-corrected chi connectivity index (χ4v) is 2.94. The number of hydrogen-bond acceptors (Lipinski definition) is 4. The van der Waals surface area contributed by atoms with Gasteiger partial charge in [0.2, 0.25) is 5.88 Å². The van der Waals surface area contributed by atoms with Crippen LogP contribution in [-0.2, 0) is 0 Å². The average Bonchev–Trinajstić information content (AvgIpc) is 2.98. The number of nitrogens with zero attached hydrogens (tertiary/aromatic N) is 3. The number of carbonyl (C=O) groups is 1. The van der Waals surface area contributed by atoms with Crippen LogP contribution in [0.15, 0.2) is 54.7 Å². The number of hydrogen-bond donors (Lipinski definition) is 1. The third-order valence-corrected chi connectivity index (χ3v) is 4.22. The summed E-state index contributed by atoms with van der Waals surface area (Å²) in [6.07, 6.45) is 1.50. The molecule has 0 spiro atoms. The highest BCUT2D eigenvalue weighted by Gasteiger charge is 2.14. The lowest BCUT2D eigenvalue weighted by atomic mass is 10.2. The van der Waals surface area contributed by atoms with Crippen molar-refractivity contribution < 1.29 is 9.53 Å². The highest BCUT2D eigenvalue weighted by Crippen LogP contribution is 2.28. The molecule has 2 N–H and O–H groups in total. The molecule has 1 amide bonds. The van der Waals surface area contributed by atoms with Crippen LogP contribution in [0.4, 0.5) is 4.79 Å². The van der Waals surface area contributed by atoms with Gasteiger partial charge >= 0.3 is 6.09 Å². The second-order valence-electron chi connectivity index (χ2n) is 5.95. The van der Waals surface area contributed by atoms with E-state index < -0.39 is 6.09 Å². The summed E-state index contributed by atoms with van der Waals surface area (Å²) < 4.78 is 7.39. The normalized spacial score (nSPS) is 11.3. The maximum atomic E-state index is 12.2. The molecule has 3 heterocycles. The Balaban J connectivity index is 1.83. The van der Waals surface area contributed by atoms with Gasteiger partial charge in [-0.3, -0.25) is 4.40 Å². The van der Waals surface area contributed by atoms with E-state index in [-0.39, 0.29) is 0 Å². The van der Waals surface area contributed by atoms with Gasteiger partial charge in [0.25, 0.3) is 0 Å². The molecule has 0 bridgehead atoms. The Morgan fingerprint density at radius 3 is 2.88 bits per heavy atom. The van der Waals surface area contributed by atoms with Crippen LogP contribution in [0, 0.1) is 0 Å². The zero-order valence-corrected chi connectivity index (χ0v) is 13.8. The van der Waals surface area contributed by atoms with E-state index >= 15 is 0 Å².